The van der Waals surface area contributed by atoms with Gasteiger partial charge >= 0.3 is 0 Å². The molecule has 3 rings (SSSR count). The van der Waals surface area contributed by atoms with Crippen LogP contribution in [-0.2, 0) is 0 Å². The number of carbonyl (C=O) groups excluding carboxylic acids is 1. The minimum atomic E-state index is 0.00692. The molecule has 0 aliphatic carbocycles. The number of amides is 1. The highest BCUT2D eigenvalue weighted by Gasteiger charge is 2.24. The number of rotatable bonds is 3. The molecular weight excluding hydrogens is 296 g/mol. The Bertz CT molecular complexity index is 660. The maximum absolute atomic E-state index is 12.5. The fourth-order valence-electron chi connectivity index (χ4n) is 2.79. The van der Waals surface area contributed by atoms with Crippen LogP contribution >= 0.6 is 11.3 Å². The van der Waals surface area contributed by atoms with Crippen LogP contribution in [0.25, 0.3) is 10.6 Å². The Morgan fingerprint density at radius 1 is 1.36 bits per heavy atom. The lowest BCUT2D eigenvalue weighted by Crippen LogP contribution is -2.39. The van der Waals surface area contributed by atoms with Gasteiger partial charge in [0.25, 0.3) is 5.91 Å². The van der Waals surface area contributed by atoms with Crippen molar-refractivity contribution in [3.05, 3.63) is 40.9 Å². The molecule has 1 N–H and O–H groups in total. The molecule has 0 radical (unpaired) electrons. The van der Waals surface area contributed by atoms with Crippen LogP contribution in [0.5, 0.6) is 0 Å². The van der Waals surface area contributed by atoms with Gasteiger partial charge in [0, 0.05) is 30.6 Å². The van der Waals surface area contributed by atoms with Crippen molar-refractivity contribution in [3.8, 4) is 10.6 Å². The Kier molecular flexibility index (Phi) is 4.55. The molecule has 1 saturated heterocycles. The van der Waals surface area contributed by atoms with Gasteiger partial charge in [-0.2, -0.15) is 0 Å². The summed E-state index contributed by atoms with van der Waals surface area (Å²) in [5, 5.41) is 11.9. The molecule has 1 aromatic heterocycles. The number of hydrogen-bond donors (Lipinski definition) is 1. The number of aryl methyl sites for hydroxylation is 1. The van der Waals surface area contributed by atoms with Gasteiger partial charge in [-0.15, -0.1) is 11.3 Å². The first-order valence-corrected chi connectivity index (χ1v) is 8.48. The zero-order chi connectivity index (χ0) is 15.5. The number of aliphatic hydroxyl groups is 1. The van der Waals surface area contributed by atoms with E-state index in [4.69, 9.17) is 0 Å². The normalized spacial score (nSPS) is 16.0. The number of likely N-dealkylation sites (tertiary alicyclic amines) is 1. The van der Waals surface area contributed by atoms with Gasteiger partial charge in [-0.3, -0.25) is 4.79 Å². The Labute approximate surface area is 134 Å². The zero-order valence-corrected chi connectivity index (χ0v) is 13.5. The van der Waals surface area contributed by atoms with Gasteiger partial charge in [0.1, 0.15) is 10.7 Å². The molecule has 0 atom stereocenters. The number of thiazole rings is 1. The van der Waals surface area contributed by atoms with E-state index in [-0.39, 0.29) is 12.5 Å². The maximum atomic E-state index is 12.5. The van der Waals surface area contributed by atoms with E-state index in [2.05, 4.69) is 18.0 Å². The molecule has 0 unspecified atom stereocenters. The van der Waals surface area contributed by atoms with Crippen molar-refractivity contribution in [2.24, 2.45) is 5.92 Å². The Balaban J connectivity index is 1.74. The van der Waals surface area contributed by atoms with E-state index in [1.54, 1.807) is 0 Å². The highest BCUT2D eigenvalue weighted by Crippen LogP contribution is 2.27. The SMILES string of the molecule is Cc1ccccc1-c1nc(C(=O)N2CCC(CO)CC2)cs1. The summed E-state index contributed by atoms with van der Waals surface area (Å²) in [7, 11) is 0. The monoisotopic (exact) mass is 316 g/mol. The molecule has 4 nitrogen and oxygen atoms in total. The maximum Gasteiger partial charge on any atom is 0.273 e. The van der Waals surface area contributed by atoms with Gasteiger partial charge < -0.3 is 10.0 Å². The number of hydrogen-bond acceptors (Lipinski definition) is 4. The van der Waals surface area contributed by atoms with Crippen molar-refractivity contribution in [2.45, 2.75) is 19.8 Å². The minimum Gasteiger partial charge on any atom is -0.396 e. The molecule has 1 aliphatic heterocycles. The molecule has 5 heteroatoms. The van der Waals surface area contributed by atoms with Crippen LogP contribution in [0, 0.1) is 12.8 Å². The Morgan fingerprint density at radius 3 is 2.77 bits per heavy atom. The third-order valence-electron chi connectivity index (χ3n) is 4.26. The van der Waals surface area contributed by atoms with E-state index in [1.807, 2.05) is 28.5 Å². The predicted molar refractivity (Wildman–Crippen MR) is 88.0 cm³/mol. The number of benzene rings is 1. The van der Waals surface area contributed by atoms with Crippen molar-refractivity contribution in [3.63, 3.8) is 0 Å². The van der Waals surface area contributed by atoms with Crippen molar-refractivity contribution < 1.29 is 9.90 Å². The standard InChI is InChI=1S/C17H20N2O2S/c1-12-4-2-3-5-14(12)16-18-15(11-22-16)17(21)19-8-6-13(10-20)7-9-19/h2-5,11,13,20H,6-10H2,1H3. The zero-order valence-electron chi connectivity index (χ0n) is 12.7. The van der Waals surface area contributed by atoms with Crippen molar-refractivity contribution in [1.29, 1.82) is 0 Å². The summed E-state index contributed by atoms with van der Waals surface area (Å²) in [6.45, 7) is 3.69. The van der Waals surface area contributed by atoms with Gasteiger partial charge in [0.15, 0.2) is 0 Å². The molecule has 0 bridgehead atoms. The predicted octanol–water partition coefficient (Wildman–Crippen LogP) is 2.96. The fourth-order valence-corrected chi connectivity index (χ4v) is 3.67. The van der Waals surface area contributed by atoms with Crippen LogP contribution in [0.4, 0.5) is 0 Å². The number of nitrogens with zero attached hydrogens (tertiary/aromatic N) is 2. The second kappa shape index (κ2) is 6.58. The number of piperidine rings is 1. The van der Waals surface area contributed by atoms with Gasteiger partial charge in [0.2, 0.25) is 0 Å². The molecule has 116 valence electrons. The third kappa shape index (κ3) is 3.05. The van der Waals surface area contributed by atoms with Gasteiger partial charge in [0.05, 0.1) is 0 Å². The van der Waals surface area contributed by atoms with Crippen LogP contribution in [0.2, 0.25) is 0 Å². The largest absolute Gasteiger partial charge is 0.396 e. The van der Waals surface area contributed by atoms with E-state index in [9.17, 15) is 9.90 Å². The molecule has 1 fully saturated rings. The lowest BCUT2D eigenvalue weighted by molar-refractivity contribution is 0.0646. The van der Waals surface area contributed by atoms with E-state index < -0.39 is 0 Å². The smallest absolute Gasteiger partial charge is 0.273 e. The summed E-state index contributed by atoms with van der Waals surface area (Å²) in [6.07, 6.45) is 1.74. The van der Waals surface area contributed by atoms with Gasteiger partial charge in [-0.25, -0.2) is 4.98 Å². The van der Waals surface area contributed by atoms with Crippen LogP contribution in [-0.4, -0.2) is 40.6 Å². The van der Waals surface area contributed by atoms with E-state index >= 15 is 0 Å². The average Bonchev–Trinajstić information content (AvgIpc) is 3.04. The summed E-state index contributed by atoms with van der Waals surface area (Å²) >= 11 is 1.52. The van der Waals surface area contributed by atoms with Gasteiger partial charge in [-0.1, -0.05) is 24.3 Å². The molecule has 1 amide bonds. The number of aliphatic hydroxyl groups excluding tert-OH is 1. The molecule has 22 heavy (non-hydrogen) atoms. The summed E-state index contributed by atoms with van der Waals surface area (Å²) < 4.78 is 0. The fraction of sp³-hybridized carbons (Fsp3) is 0.412. The number of aromatic nitrogens is 1. The molecule has 1 aromatic carbocycles. The summed E-state index contributed by atoms with van der Waals surface area (Å²) in [6, 6.07) is 8.09. The van der Waals surface area contributed by atoms with E-state index in [0.29, 0.717) is 24.7 Å². The summed E-state index contributed by atoms with van der Waals surface area (Å²) in [5.41, 5.74) is 2.79. The quantitative estimate of drug-likeness (QED) is 0.947. The molecule has 1 aliphatic rings. The summed E-state index contributed by atoms with van der Waals surface area (Å²) in [4.78, 5) is 18.9. The van der Waals surface area contributed by atoms with E-state index in [0.717, 1.165) is 23.4 Å². The molecule has 2 aromatic rings. The lowest BCUT2D eigenvalue weighted by Gasteiger charge is -2.30. The lowest BCUT2D eigenvalue weighted by atomic mass is 9.98. The van der Waals surface area contributed by atoms with Crippen LogP contribution < -0.4 is 0 Å². The van der Waals surface area contributed by atoms with Gasteiger partial charge in [-0.05, 0) is 31.2 Å². The number of carbonyl (C=O) groups is 1. The van der Waals surface area contributed by atoms with Crippen LogP contribution in [0.1, 0.15) is 28.9 Å². The Morgan fingerprint density at radius 2 is 2.09 bits per heavy atom. The van der Waals surface area contributed by atoms with Crippen LogP contribution in [0.3, 0.4) is 0 Å². The Hall–Kier alpha value is -1.72. The molecule has 2 heterocycles. The first-order chi connectivity index (χ1) is 10.7. The highest BCUT2D eigenvalue weighted by atomic mass is 32.1. The third-order valence-corrected chi connectivity index (χ3v) is 5.13. The first-order valence-electron chi connectivity index (χ1n) is 7.60. The average molecular weight is 316 g/mol. The highest BCUT2D eigenvalue weighted by molar-refractivity contribution is 7.13. The second-order valence-electron chi connectivity index (χ2n) is 5.77. The molecule has 0 saturated carbocycles. The van der Waals surface area contributed by atoms with Crippen LogP contribution in [0.15, 0.2) is 29.6 Å². The van der Waals surface area contributed by atoms with Crippen molar-refractivity contribution in [2.75, 3.05) is 19.7 Å². The molecular formula is C17H20N2O2S. The first kappa shape index (κ1) is 15.2. The van der Waals surface area contributed by atoms with Crippen molar-refractivity contribution in [1.82, 2.24) is 9.88 Å². The topological polar surface area (TPSA) is 53.4 Å². The summed E-state index contributed by atoms with van der Waals surface area (Å²) in [5.74, 6) is 0.342. The minimum absolute atomic E-state index is 0.00692. The molecule has 0 spiro atoms. The second-order valence-corrected chi connectivity index (χ2v) is 6.63. The van der Waals surface area contributed by atoms with Crippen molar-refractivity contribution >= 4 is 17.2 Å². The van der Waals surface area contributed by atoms with E-state index in [1.165, 1.54) is 16.9 Å².